The Bertz CT molecular complexity index is 337. The van der Waals surface area contributed by atoms with E-state index in [0.29, 0.717) is 0 Å². The highest BCUT2D eigenvalue weighted by Crippen LogP contribution is 2.26. The van der Waals surface area contributed by atoms with E-state index in [-0.39, 0.29) is 0 Å². The lowest BCUT2D eigenvalue weighted by atomic mass is 10.2. The van der Waals surface area contributed by atoms with E-state index in [0.717, 1.165) is 38.4 Å². The predicted molar refractivity (Wildman–Crippen MR) is 64.3 cm³/mol. The van der Waals surface area contributed by atoms with Gasteiger partial charge in [-0.2, -0.15) is 0 Å². The van der Waals surface area contributed by atoms with E-state index in [1.165, 1.54) is 11.4 Å². The largest absolute Gasteiger partial charge is 0.385 e. The molecule has 0 amide bonds. The van der Waals surface area contributed by atoms with Gasteiger partial charge < -0.3 is 20.5 Å². The molecular formula is C11H20N4. The van der Waals surface area contributed by atoms with Crippen LogP contribution >= 0.6 is 0 Å². The fourth-order valence-corrected chi connectivity index (χ4v) is 2.23. The Kier molecular flexibility index (Phi) is 2.86. The van der Waals surface area contributed by atoms with Gasteiger partial charge in [0.05, 0.1) is 0 Å². The highest BCUT2D eigenvalue weighted by atomic mass is 15.3. The highest BCUT2D eigenvalue weighted by Gasteiger charge is 2.18. The van der Waals surface area contributed by atoms with Gasteiger partial charge in [-0.3, -0.25) is 0 Å². The summed E-state index contributed by atoms with van der Waals surface area (Å²) in [6.45, 7) is 6.46. The third-order valence-electron chi connectivity index (χ3n) is 3.11. The maximum absolute atomic E-state index is 5.94. The number of aryl methyl sites for hydroxylation is 1. The van der Waals surface area contributed by atoms with E-state index in [9.17, 15) is 0 Å². The Morgan fingerprint density at radius 3 is 2.67 bits per heavy atom. The van der Waals surface area contributed by atoms with Crippen LogP contribution in [0.5, 0.6) is 0 Å². The molecule has 0 saturated carbocycles. The van der Waals surface area contributed by atoms with Crippen molar-refractivity contribution in [3.63, 3.8) is 0 Å². The molecule has 4 heteroatoms. The smallest absolute Gasteiger partial charge is 0.113 e. The molecular weight excluding hydrogens is 188 g/mol. The Labute approximate surface area is 91.0 Å². The summed E-state index contributed by atoms with van der Waals surface area (Å²) in [4.78, 5) is 2.42. The van der Waals surface area contributed by atoms with Crippen LogP contribution in [0.25, 0.3) is 0 Å². The van der Waals surface area contributed by atoms with E-state index in [2.05, 4.69) is 27.8 Å². The number of hydrogen-bond acceptors (Lipinski definition) is 3. The van der Waals surface area contributed by atoms with Crippen molar-refractivity contribution in [3.8, 4) is 0 Å². The zero-order valence-electron chi connectivity index (χ0n) is 9.58. The number of nitrogen functional groups attached to an aromatic ring is 1. The zero-order chi connectivity index (χ0) is 10.8. The third-order valence-corrected chi connectivity index (χ3v) is 3.11. The molecule has 0 aliphatic carbocycles. The van der Waals surface area contributed by atoms with Crippen molar-refractivity contribution in [1.29, 1.82) is 0 Å². The minimum atomic E-state index is 0.861. The molecule has 0 spiro atoms. The van der Waals surface area contributed by atoms with Crippen molar-refractivity contribution in [2.24, 2.45) is 7.05 Å². The van der Waals surface area contributed by atoms with Crippen molar-refractivity contribution < 1.29 is 0 Å². The fraction of sp³-hybridized carbons (Fsp3) is 0.636. The minimum absolute atomic E-state index is 0.861. The summed E-state index contributed by atoms with van der Waals surface area (Å²) < 4.78 is 2.10. The lowest BCUT2D eigenvalue weighted by molar-refractivity contribution is 0.578. The van der Waals surface area contributed by atoms with Gasteiger partial charge >= 0.3 is 0 Å². The normalized spacial score (nSPS) is 17.1. The summed E-state index contributed by atoms with van der Waals surface area (Å²) in [7, 11) is 2.05. The quantitative estimate of drug-likeness (QED) is 0.747. The number of rotatable bonds is 2. The second-order valence-electron chi connectivity index (χ2n) is 4.07. The van der Waals surface area contributed by atoms with E-state index >= 15 is 0 Å². The molecule has 0 unspecified atom stereocenters. The Balaban J connectivity index is 2.31. The maximum Gasteiger partial charge on any atom is 0.113 e. The number of nitrogens with zero attached hydrogens (tertiary/aromatic N) is 2. The van der Waals surface area contributed by atoms with Crippen LogP contribution in [-0.4, -0.2) is 30.7 Å². The zero-order valence-corrected chi connectivity index (χ0v) is 9.58. The molecule has 2 rings (SSSR count). The molecule has 0 atom stereocenters. The molecule has 2 heterocycles. The number of anilines is 2. The van der Waals surface area contributed by atoms with Gasteiger partial charge in [-0.1, -0.05) is 6.92 Å². The summed E-state index contributed by atoms with van der Waals surface area (Å²) in [5, 5.41) is 3.37. The first-order valence-electron chi connectivity index (χ1n) is 5.63. The minimum Gasteiger partial charge on any atom is -0.385 e. The maximum atomic E-state index is 5.94. The molecule has 0 radical (unpaired) electrons. The van der Waals surface area contributed by atoms with Gasteiger partial charge in [0.25, 0.3) is 0 Å². The van der Waals surface area contributed by atoms with Crippen LogP contribution in [0.4, 0.5) is 11.6 Å². The molecule has 1 saturated heterocycles. The van der Waals surface area contributed by atoms with Crippen LogP contribution in [0.3, 0.4) is 0 Å². The van der Waals surface area contributed by atoms with Gasteiger partial charge in [0.2, 0.25) is 0 Å². The first-order valence-corrected chi connectivity index (χ1v) is 5.63. The van der Waals surface area contributed by atoms with Crippen molar-refractivity contribution in [1.82, 2.24) is 9.88 Å². The average molecular weight is 208 g/mol. The summed E-state index contributed by atoms with van der Waals surface area (Å²) in [5.74, 6) is 2.16. The molecule has 15 heavy (non-hydrogen) atoms. The molecule has 1 aromatic rings. The molecule has 1 fully saturated rings. The Morgan fingerprint density at radius 2 is 2.07 bits per heavy atom. The van der Waals surface area contributed by atoms with Crippen LogP contribution in [0.2, 0.25) is 0 Å². The number of nitrogens with one attached hydrogen (secondary N) is 1. The number of hydrogen-bond donors (Lipinski definition) is 2. The lowest BCUT2D eigenvalue weighted by Crippen LogP contribution is -2.44. The lowest BCUT2D eigenvalue weighted by Gasteiger charge is -2.30. The number of nitrogens with two attached hydrogens (primary N) is 1. The first kappa shape index (κ1) is 10.4. The van der Waals surface area contributed by atoms with Gasteiger partial charge in [0.1, 0.15) is 11.6 Å². The molecule has 84 valence electrons. The van der Waals surface area contributed by atoms with Crippen LogP contribution < -0.4 is 16.0 Å². The van der Waals surface area contributed by atoms with Crippen molar-refractivity contribution in [3.05, 3.63) is 11.6 Å². The van der Waals surface area contributed by atoms with E-state index in [1.807, 2.05) is 7.05 Å². The summed E-state index contributed by atoms with van der Waals surface area (Å²) >= 11 is 0. The predicted octanol–water partition coefficient (Wildman–Crippen LogP) is 0.579. The Hall–Kier alpha value is -1.16. The Morgan fingerprint density at radius 1 is 1.40 bits per heavy atom. The highest BCUT2D eigenvalue weighted by molar-refractivity contribution is 5.58. The molecule has 0 bridgehead atoms. The van der Waals surface area contributed by atoms with Crippen LogP contribution in [0.15, 0.2) is 6.07 Å². The van der Waals surface area contributed by atoms with Gasteiger partial charge in [0.15, 0.2) is 0 Å². The molecule has 3 N–H and O–H groups in total. The molecule has 0 aromatic carbocycles. The van der Waals surface area contributed by atoms with Gasteiger partial charge in [-0.25, -0.2) is 0 Å². The van der Waals surface area contributed by atoms with E-state index < -0.39 is 0 Å². The van der Waals surface area contributed by atoms with Crippen molar-refractivity contribution in [2.45, 2.75) is 13.3 Å². The summed E-state index contributed by atoms with van der Waals surface area (Å²) in [5.41, 5.74) is 7.30. The molecule has 1 aliphatic rings. The van der Waals surface area contributed by atoms with E-state index in [4.69, 9.17) is 5.73 Å². The molecule has 1 aliphatic heterocycles. The van der Waals surface area contributed by atoms with Crippen molar-refractivity contribution >= 4 is 11.6 Å². The monoisotopic (exact) mass is 208 g/mol. The SMILES string of the molecule is CCc1cc(N)n(C)c1N1CCNCC1. The number of aromatic nitrogens is 1. The van der Waals surface area contributed by atoms with Gasteiger partial charge in [-0.15, -0.1) is 0 Å². The standard InChI is InChI=1S/C11H20N4/c1-3-9-8-10(12)14(2)11(9)15-6-4-13-5-7-15/h8,13H,3-7,12H2,1-2H3. The van der Waals surface area contributed by atoms with E-state index in [1.54, 1.807) is 0 Å². The van der Waals surface area contributed by atoms with Crippen molar-refractivity contribution in [2.75, 3.05) is 36.8 Å². The molecule has 1 aromatic heterocycles. The third kappa shape index (κ3) is 1.81. The van der Waals surface area contributed by atoms with Gasteiger partial charge in [-0.05, 0) is 18.1 Å². The van der Waals surface area contributed by atoms with Crippen LogP contribution in [0.1, 0.15) is 12.5 Å². The first-order chi connectivity index (χ1) is 7.24. The van der Waals surface area contributed by atoms with Crippen LogP contribution in [0, 0.1) is 0 Å². The summed E-state index contributed by atoms with van der Waals surface area (Å²) in [6, 6.07) is 2.09. The van der Waals surface area contributed by atoms with Crippen LogP contribution in [-0.2, 0) is 13.5 Å². The second kappa shape index (κ2) is 4.14. The fourth-order valence-electron chi connectivity index (χ4n) is 2.23. The second-order valence-corrected chi connectivity index (χ2v) is 4.07. The molecule has 4 nitrogen and oxygen atoms in total. The average Bonchev–Trinajstić information content (AvgIpc) is 2.56. The topological polar surface area (TPSA) is 46.2 Å². The number of piperazine rings is 1. The van der Waals surface area contributed by atoms with Gasteiger partial charge in [0, 0.05) is 33.2 Å². The summed E-state index contributed by atoms with van der Waals surface area (Å²) in [6.07, 6.45) is 1.05.